The SMILES string of the molecule is Cc1ccc(C(=O)NC(=S)NNC(=O)COc2ccc(C(C)C)cc2Br)cc1I. The summed E-state index contributed by atoms with van der Waals surface area (Å²) in [4.78, 5) is 24.2. The maximum Gasteiger partial charge on any atom is 0.276 e. The molecule has 9 heteroatoms. The highest BCUT2D eigenvalue weighted by Gasteiger charge is 2.11. The van der Waals surface area contributed by atoms with E-state index in [1.807, 2.05) is 31.2 Å². The Morgan fingerprint density at radius 2 is 1.90 bits per heavy atom. The summed E-state index contributed by atoms with van der Waals surface area (Å²) in [5.41, 5.74) is 7.61. The lowest BCUT2D eigenvalue weighted by atomic mass is 10.0. The Labute approximate surface area is 197 Å². The van der Waals surface area contributed by atoms with Gasteiger partial charge in [0.1, 0.15) is 5.75 Å². The van der Waals surface area contributed by atoms with Gasteiger partial charge in [0, 0.05) is 9.13 Å². The fourth-order valence-electron chi connectivity index (χ4n) is 2.24. The first-order chi connectivity index (χ1) is 13.7. The van der Waals surface area contributed by atoms with Crippen molar-refractivity contribution in [3.05, 3.63) is 61.1 Å². The Morgan fingerprint density at radius 1 is 1.17 bits per heavy atom. The first-order valence-electron chi connectivity index (χ1n) is 8.76. The van der Waals surface area contributed by atoms with Crippen LogP contribution in [0.5, 0.6) is 5.75 Å². The lowest BCUT2D eigenvalue weighted by Crippen LogP contribution is -2.49. The molecule has 0 aliphatic rings. The zero-order chi connectivity index (χ0) is 21.6. The number of carbonyl (C=O) groups is 2. The Morgan fingerprint density at radius 3 is 2.52 bits per heavy atom. The van der Waals surface area contributed by atoms with Gasteiger partial charge in [0.15, 0.2) is 11.7 Å². The normalized spacial score (nSPS) is 10.4. The number of hydrogen-bond acceptors (Lipinski definition) is 4. The van der Waals surface area contributed by atoms with E-state index in [-0.39, 0.29) is 17.6 Å². The van der Waals surface area contributed by atoms with Gasteiger partial charge in [-0.2, -0.15) is 0 Å². The molecule has 154 valence electrons. The van der Waals surface area contributed by atoms with Gasteiger partial charge in [-0.3, -0.25) is 25.8 Å². The summed E-state index contributed by atoms with van der Waals surface area (Å²) < 4.78 is 7.27. The Bertz CT molecular complexity index is 937. The van der Waals surface area contributed by atoms with Gasteiger partial charge in [-0.05, 0) is 99.0 Å². The second-order valence-electron chi connectivity index (χ2n) is 6.55. The molecule has 6 nitrogen and oxygen atoms in total. The van der Waals surface area contributed by atoms with Crippen LogP contribution in [0.2, 0.25) is 0 Å². The van der Waals surface area contributed by atoms with Crippen LogP contribution in [0, 0.1) is 10.5 Å². The van der Waals surface area contributed by atoms with Crippen molar-refractivity contribution in [2.75, 3.05) is 6.61 Å². The van der Waals surface area contributed by atoms with E-state index in [0.29, 0.717) is 17.2 Å². The van der Waals surface area contributed by atoms with E-state index < -0.39 is 5.91 Å². The summed E-state index contributed by atoms with van der Waals surface area (Å²) >= 11 is 10.6. The molecule has 0 atom stereocenters. The maximum atomic E-state index is 12.2. The number of rotatable bonds is 5. The van der Waals surface area contributed by atoms with E-state index in [4.69, 9.17) is 17.0 Å². The molecule has 0 radical (unpaired) electrons. The predicted molar refractivity (Wildman–Crippen MR) is 129 cm³/mol. The van der Waals surface area contributed by atoms with E-state index in [1.165, 1.54) is 5.56 Å². The summed E-state index contributed by atoms with van der Waals surface area (Å²) in [7, 11) is 0. The Balaban J connectivity index is 1.79. The minimum absolute atomic E-state index is 0.0126. The lowest BCUT2D eigenvalue weighted by molar-refractivity contribution is -0.123. The third kappa shape index (κ3) is 7.23. The minimum Gasteiger partial charge on any atom is -0.483 e. The van der Waals surface area contributed by atoms with E-state index in [1.54, 1.807) is 12.1 Å². The Hall–Kier alpha value is -1.72. The van der Waals surface area contributed by atoms with Gasteiger partial charge in [0.05, 0.1) is 4.47 Å². The van der Waals surface area contributed by atoms with Gasteiger partial charge in [-0.1, -0.05) is 26.0 Å². The molecule has 2 aromatic rings. The van der Waals surface area contributed by atoms with Crippen LogP contribution in [0.15, 0.2) is 40.9 Å². The van der Waals surface area contributed by atoms with Gasteiger partial charge < -0.3 is 4.74 Å². The fraction of sp³-hybridized carbons (Fsp3) is 0.250. The highest BCUT2D eigenvalue weighted by atomic mass is 127. The summed E-state index contributed by atoms with van der Waals surface area (Å²) in [6.07, 6.45) is 0. The van der Waals surface area contributed by atoms with Gasteiger partial charge in [0.25, 0.3) is 11.8 Å². The zero-order valence-electron chi connectivity index (χ0n) is 16.1. The van der Waals surface area contributed by atoms with Crippen molar-refractivity contribution < 1.29 is 14.3 Å². The van der Waals surface area contributed by atoms with Crippen molar-refractivity contribution in [3.63, 3.8) is 0 Å². The number of aryl methyl sites for hydroxylation is 1. The van der Waals surface area contributed by atoms with Crippen LogP contribution in [0.4, 0.5) is 0 Å². The molecule has 0 fully saturated rings. The quantitative estimate of drug-likeness (QED) is 0.277. The second kappa shape index (κ2) is 10.9. The topological polar surface area (TPSA) is 79.5 Å². The monoisotopic (exact) mass is 589 g/mol. The molecule has 0 unspecified atom stereocenters. The van der Waals surface area contributed by atoms with Crippen molar-refractivity contribution in [1.29, 1.82) is 0 Å². The molecule has 0 aliphatic carbocycles. The van der Waals surface area contributed by atoms with E-state index in [2.05, 4.69) is 68.5 Å². The van der Waals surface area contributed by atoms with Crippen LogP contribution < -0.4 is 20.9 Å². The molecule has 0 saturated heterocycles. The maximum absolute atomic E-state index is 12.2. The van der Waals surface area contributed by atoms with Crippen LogP contribution in [0.3, 0.4) is 0 Å². The molecule has 0 spiro atoms. The van der Waals surface area contributed by atoms with Gasteiger partial charge >= 0.3 is 0 Å². The molecule has 0 aliphatic heterocycles. The fourth-order valence-corrected chi connectivity index (χ4v) is 3.41. The van der Waals surface area contributed by atoms with Gasteiger partial charge in [-0.25, -0.2) is 0 Å². The van der Waals surface area contributed by atoms with Crippen molar-refractivity contribution in [1.82, 2.24) is 16.2 Å². The molecule has 2 aromatic carbocycles. The largest absolute Gasteiger partial charge is 0.483 e. The third-order valence-electron chi connectivity index (χ3n) is 3.96. The molecular weight excluding hydrogens is 569 g/mol. The minimum atomic E-state index is -0.439. The third-order valence-corrected chi connectivity index (χ3v) is 5.94. The van der Waals surface area contributed by atoms with Crippen LogP contribution in [0.25, 0.3) is 0 Å². The van der Waals surface area contributed by atoms with Gasteiger partial charge in [0.2, 0.25) is 0 Å². The number of hydrazine groups is 1. The number of thiocarbonyl (C=S) groups is 1. The van der Waals surface area contributed by atoms with Crippen LogP contribution in [-0.4, -0.2) is 23.5 Å². The number of ether oxygens (including phenoxy) is 1. The van der Waals surface area contributed by atoms with Gasteiger partial charge in [-0.15, -0.1) is 0 Å². The molecule has 0 aromatic heterocycles. The zero-order valence-corrected chi connectivity index (χ0v) is 20.7. The van der Waals surface area contributed by atoms with E-state index in [0.717, 1.165) is 13.6 Å². The first kappa shape index (κ1) is 23.6. The molecule has 2 rings (SSSR count). The summed E-state index contributed by atoms with van der Waals surface area (Å²) in [5, 5.41) is 2.50. The summed E-state index contributed by atoms with van der Waals surface area (Å²) in [5.74, 6) is 0.160. The average molecular weight is 590 g/mol. The van der Waals surface area contributed by atoms with E-state index >= 15 is 0 Å². The highest BCUT2D eigenvalue weighted by Crippen LogP contribution is 2.28. The average Bonchev–Trinajstić information content (AvgIpc) is 2.67. The van der Waals surface area contributed by atoms with Crippen molar-refractivity contribution in [3.8, 4) is 5.75 Å². The van der Waals surface area contributed by atoms with E-state index in [9.17, 15) is 9.59 Å². The molecule has 29 heavy (non-hydrogen) atoms. The predicted octanol–water partition coefficient (Wildman–Crippen LogP) is 4.20. The van der Waals surface area contributed by atoms with Crippen LogP contribution in [-0.2, 0) is 4.79 Å². The molecule has 0 saturated carbocycles. The van der Waals surface area contributed by atoms with Crippen LogP contribution in [0.1, 0.15) is 41.3 Å². The second-order valence-corrected chi connectivity index (χ2v) is 8.98. The van der Waals surface area contributed by atoms with Crippen molar-refractivity contribution >= 4 is 67.7 Å². The number of hydrogen-bond donors (Lipinski definition) is 3. The van der Waals surface area contributed by atoms with Crippen LogP contribution >= 0.6 is 50.7 Å². The highest BCUT2D eigenvalue weighted by molar-refractivity contribution is 14.1. The Kier molecular flexibility index (Phi) is 8.84. The molecule has 0 bridgehead atoms. The molecular formula is C20H21BrIN3O3S. The molecule has 0 heterocycles. The first-order valence-corrected chi connectivity index (χ1v) is 11.0. The smallest absolute Gasteiger partial charge is 0.276 e. The van der Waals surface area contributed by atoms with Crippen molar-refractivity contribution in [2.45, 2.75) is 26.7 Å². The molecule has 2 amide bonds. The summed E-state index contributed by atoms with van der Waals surface area (Å²) in [6, 6.07) is 11.1. The number of amides is 2. The van der Waals surface area contributed by atoms with Crippen molar-refractivity contribution in [2.24, 2.45) is 0 Å². The number of benzene rings is 2. The number of nitrogens with one attached hydrogen (secondary N) is 3. The standard InChI is InChI=1S/C20H21BrIN3O3S/c1-11(2)13-6-7-17(15(21)8-13)28-10-18(26)24-25-20(29)23-19(27)14-5-4-12(3)16(22)9-14/h4-9,11H,10H2,1-3H3,(H,24,26)(H2,23,25,27,29). The molecule has 3 N–H and O–H groups in total. The number of halogens is 2. The lowest BCUT2D eigenvalue weighted by Gasteiger charge is -2.13. The number of carbonyl (C=O) groups excluding carboxylic acids is 2. The summed E-state index contributed by atoms with van der Waals surface area (Å²) in [6.45, 7) is 5.95.